The van der Waals surface area contributed by atoms with Crippen molar-refractivity contribution in [1.29, 1.82) is 0 Å². The Balaban J connectivity index is 1.73. The van der Waals surface area contributed by atoms with Crippen molar-refractivity contribution < 1.29 is 14.4 Å². The highest BCUT2D eigenvalue weighted by Crippen LogP contribution is 2.27. The summed E-state index contributed by atoms with van der Waals surface area (Å²) in [6.45, 7) is 1.08. The van der Waals surface area contributed by atoms with Crippen molar-refractivity contribution in [2.24, 2.45) is 0 Å². The van der Waals surface area contributed by atoms with Crippen LogP contribution in [0.25, 0.3) is 6.08 Å². The van der Waals surface area contributed by atoms with Crippen LogP contribution in [0.2, 0.25) is 10.0 Å². The van der Waals surface area contributed by atoms with Crippen LogP contribution < -0.4 is 5.32 Å². The molecule has 0 radical (unpaired) electrons. The summed E-state index contributed by atoms with van der Waals surface area (Å²) in [6.07, 6.45) is 5.56. The van der Waals surface area contributed by atoms with Gasteiger partial charge in [0.2, 0.25) is 5.91 Å². The molecule has 1 aromatic carbocycles. The molecule has 2 saturated heterocycles. The number of rotatable bonds is 3. The third-order valence-electron chi connectivity index (χ3n) is 4.50. The van der Waals surface area contributed by atoms with Gasteiger partial charge in [-0.1, -0.05) is 48.2 Å². The molecule has 0 saturated carbocycles. The zero-order valence-corrected chi connectivity index (χ0v) is 15.6. The van der Waals surface area contributed by atoms with Crippen molar-refractivity contribution in [2.75, 3.05) is 19.6 Å². The van der Waals surface area contributed by atoms with Crippen LogP contribution in [-0.4, -0.2) is 47.3 Å². The molecule has 1 N–H and O–H groups in total. The number of imide groups is 1. The molecule has 0 aliphatic carbocycles. The van der Waals surface area contributed by atoms with Gasteiger partial charge in [0.15, 0.2) is 0 Å². The third kappa shape index (κ3) is 4.02. The summed E-state index contributed by atoms with van der Waals surface area (Å²) in [5.41, 5.74) is 0.589. The minimum atomic E-state index is -0.609. The number of likely N-dealkylation sites (tertiary alicyclic amines) is 1. The van der Waals surface area contributed by atoms with Gasteiger partial charge < -0.3 is 10.2 Å². The van der Waals surface area contributed by atoms with Crippen molar-refractivity contribution >= 4 is 47.1 Å². The summed E-state index contributed by atoms with van der Waals surface area (Å²) in [7, 11) is 0. The maximum atomic E-state index is 12.5. The number of amides is 4. The second kappa shape index (κ2) is 8.10. The summed E-state index contributed by atoms with van der Waals surface area (Å²) >= 11 is 12.1. The van der Waals surface area contributed by atoms with Crippen LogP contribution >= 0.6 is 23.2 Å². The second-order valence-electron chi connectivity index (χ2n) is 6.32. The van der Waals surface area contributed by atoms with Crippen LogP contribution in [0.4, 0.5) is 4.79 Å². The molecule has 2 heterocycles. The highest BCUT2D eigenvalue weighted by Gasteiger charge is 2.36. The molecule has 0 atom stereocenters. The van der Waals surface area contributed by atoms with Gasteiger partial charge in [-0.3, -0.25) is 9.59 Å². The number of carbonyl (C=O) groups excluding carboxylic acids is 3. The summed E-state index contributed by atoms with van der Waals surface area (Å²) in [5.74, 6) is -0.758. The molecule has 2 aliphatic heterocycles. The number of nitrogens with one attached hydrogen (secondary N) is 1. The fourth-order valence-electron chi connectivity index (χ4n) is 3.06. The van der Waals surface area contributed by atoms with Crippen molar-refractivity contribution in [1.82, 2.24) is 15.1 Å². The van der Waals surface area contributed by atoms with E-state index in [1.807, 2.05) is 0 Å². The molecular formula is C18H19Cl2N3O3. The quantitative estimate of drug-likeness (QED) is 0.630. The van der Waals surface area contributed by atoms with Crippen molar-refractivity contribution in [3.63, 3.8) is 0 Å². The first-order valence-electron chi connectivity index (χ1n) is 8.53. The predicted molar refractivity (Wildman–Crippen MR) is 99.7 cm³/mol. The number of urea groups is 1. The van der Waals surface area contributed by atoms with E-state index in [-0.39, 0.29) is 18.1 Å². The van der Waals surface area contributed by atoms with E-state index in [2.05, 4.69) is 5.32 Å². The summed E-state index contributed by atoms with van der Waals surface area (Å²) in [5, 5.41) is 3.14. The Morgan fingerprint density at radius 3 is 2.50 bits per heavy atom. The van der Waals surface area contributed by atoms with Crippen molar-refractivity contribution in [3.05, 3.63) is 39.5 Å². The van der Waals surface area contributed by atoms with Crippen LogP contribution in [0, 0.1) is 0 Å². The van der Waals surface area contributed by atoms with Gasteiger partial charge in [-0.2, -0.15) is 0 Å². The average Bonchev–Trinajstić information content (AvgIpc) is 2.83. The molecular weight excluding hydrogens is 377 g/mol. The van der Waals surface area contributed by atoms with E-state index in [0.717, 1.165) is 30.6 Å². The SMILES string of the molecule is O=C(CN1C(=O)N/C(=C\c2cccc(Cl)c2Cl)C1=O)N1CCCCCC1. The molecule has 3 rings (SSSR count). The largest absolute Gasteiger partial charge is 0.341 e. The minimum absolute atomic E-state index is 0.0721. The lowest BCUT2D eigenvalue weighted by atomic mass is 10.2. The highest BCUT2D eigenvalue weighted by atomic mass is 35.5. The third-order valence-corrected chi connectivity index (χ3v) is 5.33. The molecule has 2 aliphatic rings. The van der Waals surface area contributed by atoms with E-state index in [9.17, 15) is 14.4 Å². The maximum Gasteiger partial charge on any atom is 0.329 e. The molecule has 0 spiro atoms. The first-order chi connectivity index (χ1) is 12.5. The Labute approximate surface area is 161 Å². The lowest BCUT2D eigenvalue weighted by molar-refractivity contribution is -0.135. The van der Waals surface area contributed by atoms with Crippen LogP contribution in [0.15, 0.2) is 23.9 Å². The molecule has 26 heavy (non-hydrogen) atoms. The number of carbonyl (C=O) groups is 3. The fraction of sp³-hybridized carbons (Fsp3) is 0.389. The van der Waals surface area contributed by atoms with Crippen LogP contribution in [0.1, 0.15) is 31.2 Å². The van der Waals surface area contributed by atoms with E-state index in [0.29, 0.717) is 28.7 Å². The Kier molecular flexibility index (Phi) is 5.84. The molecule has 4 amide bonds. The number of hydrogen-bond donors (Lipinski definition) is 1. The summed E-state index contributed by atoms with van der Waals surface area (Å²) in [6, 6.07) is 4.41. The second-order valence-corrected chi connectivity index (χ2v) is 7.10. The summed E-state index contributed by atoms with van der Waals surface area (Å²) in [4.78, 5) is 39.8. The van der Waals surface area contributed by atoms with E-state index in [1.165, 1.54) is 6.08 Å². The lowest BCUT2D eigenvalue weighted by Gasteiger charge is -2.22. The molecule has 0 bridgehead atoms. The van der Waals surface area contributed by atoms with E-state index >= 15 is 0 Å². The van der Waals surface area contributed by atoms with Gasteiger partial charge in [-0.25, -0.2) is 9.69 Å². The van der Waals surface area contributed by atoms with Gasteiger partial charge >= 0.3 is 6.03 Å². The fourth-order valence-corrected chi connectivity index (χ4v) is 3.42. The number of nitrogens with zero attached hydrogens (tertiary/aromatic N) is 2. The van der Waals surface area contributed by atoms with Gasteiger partial charge in [0.25, 0.3) is 5.91 Å². The topological polar surface area (TPSA) is 69.7 Å². The zero-order chi connectivity index (χ0) is 18.7. The Hall–Kier alpha value is -2.05. The van der Waals surface area contributed by atoms with E-state index < -0.39 is 11.9 Å². The average molecular weight is 396 g/mol. The van der Waals surface area contributed by atoms with Gasteiger partial charge in [-0.15, -0.1) is 0 Å². The predicted octanol–water partition coefficient (Wildman–Crippen LogP) is 3.29. The highest BCUT2D eigenvalue weighted by molar-refractivity contribution is 6.43. The lowest BCUT2D eigenvalue weighted by Crippen LogP contribution is -2.43. The number of hydrogen-bond acceptors (Lipinski definition) is 3. The minimum Gasteiger partial charge on any atom is -0.341 e. The molecule has 8 heteroatoms. The van der Waals surface area contributed by atoms with Crippen LogP contribution in [-0.2, 0) is 9.59 Å². The van der Waals surface area contributed by atoms with Gasteiger partial charge in [0.05, 0.1) is 10.0 Å². The van der Waals surface area contributed by atoms with Crippen LogP contribution in [0.5, 0.6) is 0 Å². The standard InChI is InChI=1S/C18H19Cl2N3O3/c19-13-7-5-6-12(16(13)20)10-14-17(25)23(18(26)21-14)11-15(24)22-8-3-1-2-4-9-22/h5-7,10H,1-4,8-9,11H2,(H,21,26)/b14-10-. The molecule has 138 valence electrons. The Morgan fingerprint density at radius 1 is 1.12 bits per heavy atom. The van der Waals surface area contributed by atoms with E-state index in [1.54, 1.807) is 23.1 Å². The molecule has 2 fully saturated rings. The Morgan fingerprint density at radius 2 is 1.81 bits per heavy atom. The molecule has 6 nitrogen and oxygen atoms in total. The first kappa shape index (κ1) is 18.7. The van der Waals surface area contributed by atoms with Crippen LogP contribution in [0.3, 0.4) is 0 Å². The molecule has 0 unspecified atom stereocenters. The van der Waals surface area contributed by atoms with Gasteiger partial charge in [0, 0.05) is 13.1 Å². The molecule has 1 aromatic rings. The monoisotopic (exact) mass is 395 g/mol. The van der Waals surface area contributed by atoms with Crippen molar-refractivity contribution in [3.8, 4) is 0 Å². The molecule has 0 aromatic heterocycles. The number of halogens is 2. The first-order valence-corrected chi connectivity index (χ1v) is 9.29. The van der Waals surface area contributed by atoms with Gasteiger partial charge in [0.1, 0.15) is 12.2 Å². The summed E-state index contributed by atoms with van der Waals surface area (Å²) < 4.78 is 0. The Bertz CT molecular complexity index is 771. The normalized spacial score (nSPS) is 19.7. The van der Waals surface area contributed by atoms with Gasteiger partial charge in [-0.05, 0) is 30.5 Å². The van der Waals surface area contributed by atoms with Crippen molar-refractivity contribution in [2.45, 2.75) is 25.7 Å². The maximum absolute atomic E-state index is 12.5. The smallest absolute Gasteiger partial charge is 0.329 e. The zero-order valence-electron chi connectivity index (χ0n) is 14.1. The number of benzene rings is 1. The van der Waals surface area contributed by atoms with E-state index in [4.69, 9.17) is 23.2 Å².